The van der Waals surface area contributed by atoms with Crippen molar-refractivity contribution in [3.63, 3.8) is 0 Å². The Kier molecular flexibility index (Phi) is 3.96. The Balaban J connectivity index is 2.12. The number of benzene rings is 1. The predicted molar refractivity (Wildman–Crippen MR) is 72.7 cm³/mol. The van der Waals surface area contributed by atoms with Gasteiger partial charge in [-0.25, -0.2) is 0 Å². The fourth-order valence-electron chi connectivity index (χ4n) is 1.62. The van der Waals surface area contributed by atoms with Crippen molar-refractivity contribution in [1.29, 1.82) is 0 Å². The minimum atomic E-state index is -3.27. The molecule has 0 unspecified atom stereocenters. The molecule has 0 spiro atoms. The molecular formula is C11H15BrN2O3S. The Morgan fingerprint density at radius 3 is 2.61 bits per heavy atom. The van der Waals surface area contributed by atoms with Crippen LogP contribution >= 0.6 is 15.9 Å². The van der Waals surface area contributed by atoms with Crippen LogP contribution in [0.15, 0.2) is 22.7 Å². The molecule has 1 aliphatic rings. The molecule has 100 valence electrons. The van der Waals surface area contributed by atoms with Crippen LogP contribution in [0.1, 0.15) is 5.56 Å². The fraction of sp³-hybridized carbons (Fsp3) is 0.455. The summed E-state index contributed by atoms with van der Waals surface area (Å²) >= 11 is 3.39. The van der Waals surface area contributed by atoms with Gasteiger partial charge < -0.3 is 4.74 Å². The Morgan fingerprint density at radius 1 is 1.44 bits per heavy atom. The molecule has 1 saturated heterocycles. The number of hydrogen-bond donors (Lipinski definition) is 0. The first-order valence-electron chi connectivity index (χ1n) is 5.49. The van der Waals surface area contributed by atoms with E-state index in [4.69, 9.17) is 4.74 Å². The van der Waals surface area contributed by atoms with E-state index in [1.165, 1.54) is 8.61 Å². The largest absolute Gasteiger partial charge is 0.496 e. The standard InChI is InChI=1S/C11H15BrN2O3S/c1-13(18(15,16)14-5-6-14)8-9-3-4-11(17-2)10(12)7-9/h3-4,7H,5-6,8H2,1-2H3. The summed E-state index contributed by atoms with van der Waals surface area (Å²) in [5.74, 6) is 0.732. The first kappa shape index (κ1) is 13.8. The predicted octanol–water partition coefficient (Wildman–Crippen LogP) is 1.45. The molecule has 1 aliphatic heterocycles. The molecule has 1 heterocycles. The summed E-state index contributed by atoms with van der Waals surface area (Å²) in [7, 11) is -0.0894. The molecule has 0 amide bonds. The number of halogens is 1. The molecule has 18 heavy (non-hydrogen) atoms. The van der Waals surface area contributed by atoms with Gasteiger partial charge in [0.05, 0.1) is 11.6 Å². The molecule has 0 radical (unpaired) electrons. The van der Waals surface area contributed by atoms with Crippen molar-refractivity contribution in [1.82, 2.24) is 8.61 Å². The van der Waals surface area contributed by atoms with Gasteiger partial charge in [-0.2, -0.15) is 17.0 Å². The van der Waals surface area contributed by atoms with Gasteiger partial charge in [-0.15, -0.1) is 0 Å². The van der Waals surface area contributed by atoms with E-state index in [1.54, 1.807) is 14.2 Å². The van der Waals surface area contributed by atoms with E-state index < -0.39 is 10.2 Å². The molecule has 0 bridgehead atoms. The quantitative estimate of drug-likeness (QED) is 0.766. The minimum absolute atomic E-state index is 0.349. The van der Waals surface area contributed by atoms with Crippen LogP contribution in [-0.4, -0.2) is 44.3 Å². The number of methoxy groups -OCH3 is 1. The summed E-state index contributed by atoms with van der Waals surface area (Å²) in [6.45, 7) is 1.60. The summed E-state index contributed by atoms with van der Waals surface area (Å²) in [5, 5.41) is 0. The van der Waals surface area contributed by atoms with E-state index >= 15 is 0 Å². The lowest BCUT2D eigenvalue weighted by molar-refractivity contribution is 0.411. The van der Waals surface area contributed by atoms with E-state index in [0.29, 0.717) is 19.6 Å². The normalized spacial score (nSPS) is 16.0. The van der Waals surface area contributed by atoms with Gasteiger partial charge in [-0.3, -0.25) is 0 Å². The van der Waals surface area contributed by atoms with Crippen molar-refractivity contribution in [3.8, 4) is 5.75 Å². The molecule has 5 nitrogen and oxygen atoms in total. The van der Waals surface area contributed by atoms with Crippen molar-refractivity contribution < 1.29 is 13.2 Å². The summed E-state index contributed by atoms with van der Waals surface area (Å²) in [6, 6.07) is 5.54. The minimum Gasteiger partial charge on any atom is -0.496 e. The smallest absolute Gasteiger partial charge is 0.282 e. The maximum atomic E-state index is 11.9. The molecule has 0 N–H and O–H groups in total. The van der Waals surface area contributed by atoms with Crippen LogP contribution in [0, 0.1) is 0 Å². The van der Waals surface area contributed by atoms with Gasteiger partial charge in [0.25, 0.3) is 10.2 Å². The molecule has 2 rings (SSSR count). The van der Waals surface area contributed by atoms with Gasteiger partial charge in [0.1, 0.15) is 5.75 Å². The molecule has 1 fully saturated rings. The second-order valence-electron chi connectivity index (χ2n) is 4.13. The fourth-order valence-corrected chi connectivity index (χ4v) is 3.45. The topological polar surface area (TPSA) is 49.6 Å². The van der Waals surface area contributed by atoms with E-state index in [1.807, 2.05) is 18.2 Å². The van der Waals surface area contributed by atoms with Crippen molar-refractivity contribution in [2.45, 2.75) is 6.54 Å². The highest BCUT2D eigenvalue weighted by Crippen LogP contribution is 2.26. The van der Waals surface area contributed by atoms with Crippen LogP contribution in [0.4, 0.5) is 0 Å². The number of hydrogen-bond acceptors (Lipinski definition) is 3. The van der Waals surface area contributed by atoms with E-state index in [0.717, 1.165) is 15.8 Å². The Bertz CT molecular complexity index is 543. The van der Waals surface area contributed by atoms with Crippen LogP contribution in [0.2, 0.25) is 0 Å². The summed E-state index contributed by atoms with van der Waals surface area (Å²) in [4.78, 5) is 0. The van der Waals surface area contributed by atoms with Crippen molar-refractivity contribution in [2.24, 2.45) is 0 Å². The van der Waals surface area contributed by atoms with Gasteiger partial charge in [0.15, 0.2) is 0 Å². The monoisotopic (exact) mass is 334 g/mol. The molecule has 1 aromatic rings. The van der Waals surface area contributed by atoms with Gasteiger partial charge >= 0.3 is 0 Å². The summed E-state index contributed by atoms with van der Waals surface area (Å²) in [6.07, 6.45) is 0. The number of nitrogens with zero attached hydrogens (tertiary/aromatic N) is 2. The third-order valence-electron chi connectivity index (χ3n) is 2.75. The Morgan fingerprint density at radius 2 is 2.11 bits per heavy atom. The zero-order valence-electron chi connectivity index (χ0n) is 10.3. The van der Waals surface area contributed by atoms with E-state index in [2.05, 4.69) is 15.9 Å². The van der Waals surface area contributed by atoms with Crippen LogP contribution in [0.25, 0.3) is 0 Å². The first-order valence-corrected chi connectivity index (χ1v) is 7.68. The van der Waals surface area contributed by atoms with Gasteiger partial charge in [-0.05, 0) is 33.6 Å². The first-order chi connectivity index (χ1) is 8.45. The molecule has 0 atom stereocenters. The lowest BCUT2D eigenvalue weighted by atomic mass is 10.2. The average Bonchev–Trinajstić information content (AvgIpc) is 3.13. The van der Waals surface area contributed by atoms with Crippen LogP contribution in [-0.2, 0) is 16.8 Å². The van der Waals surface area contributed by atoms with E-state index in [9.17, 15) is 8.42 Å². The maximum absolute atomic E-state index is 11.9. The van der Waals surface area contributed by atoms with E-state index in [-0.39, 0.29) is 0 Å². The highest BCUT2D eigenvalue weighted by Gasteiger charge is 2.35. The van der Waals surface area contributed by atoms with Crippen molar-refractivity contribution >= 4 is 26.1 Å². The summed E-state index contributed by atoms with van der Waals surface area (Å²) in [5.41, 5.74) is 0.913. The molecule has 0 saturated carbocycles. The zero-order chi connectivity index (χ0) is 13.3. The van der Waals surface area contributed by atoms with Gasteiger partial charge in [0.2, 0.25) is 0 Å². The number of ether oxygens (including phenoxy) is 1. The SMILES string of the molecule is COc1ccc(CN(C)S(=O)(=O)N2CC2)cc1Br. The van der Waals surface area contributed by atoms with Crippen molar-refractivity contribution in [3.05, 3.63) is 28.2 Å². The van der Waals surface area contributed by atoms with Crippen molar-refractivity contribution in [2.75, 3.05) is 27.2 Å². The molecular weight excluding hydrogens is 320 g/mol. The van der Waals surface area contributed by atoms with Crippen LogP contribution in [0.3, 0.4) is 0 Å². The Labute approximate surface area is 116 Å². The van der Waals surface area contributed by atoms with Gasteiger partial charge in [0, 0.05) is 26.7 Å². The highest BCUT2D eigenvalue weighted by atomic mass is 79.9. The second-order valence-corrected chi connectivity index (χ2v) is 7.02. The third kappa shape index (κ3) is 2.85. The third-order valence-corrected chi connectivity index (χ3v) is 5.30. The summed E-state index contributed by atoms with van der Waals surface area (Å²) < 4.78 is 32.6. The maximum Gasteiger partial charge on any atom is 0.282 e. The lowest BCUT2D eigenvalue weighted by Gasteiger charge is -2.17. The molecule has 0 aromatic heterocycles. The Hall–Kier alpha value is -0.630. The molecule has 1 aromatic carbocycles. The van der Waals surface area contributed by atoms with Crippen LogP contribution in [0.5, 0.6) is 5.75 Å². The zero-order valence-corrected chi connectivity index (χ0v) is 12.7. The molecule has 7 heteroatoms. The van der Waals surface area contributed by atoms with Gasteiger partial charge in [-0.1, -0.05) is 6.07 Å². The van der Waals surface area contributed by atoms with Crippen LogP contribution < -0.4 is 4.74 Å². The lowest BCUT2D eigenvalue weighted by Crippen LogP contribution is -2.31. The second kappa shape index (κ2) is 5.16. The molecule has 0 aliphatic carbocycles. The highest BCUT2D eigenvalue weighted by molar-refractivity contribution is 9.10. The number of rotatable bonds is 5. The average molecular weight is 335 g/mol.